The molecule has 0 bridgehead atoms. The zero-order valence-electron chi connectivity index (χ0n) is 19.5. The van der Waals surface area contributed by atoms with Gasteiger partial charge in [-0.2, -0.15) is 0 Å². The number of fused-ring (bicyclic) bond motifs is 5. The Hall–Kier alpha value is -2.94. The highest BCUT2D eigenvalue weighted by Gasteiger charge is 2.24. The average Bonchev–Trinajstić information content (AvgIpc) is 3.11. The molecule has 7 nitrogen and oxygen atoms in total. The first-order valence-electron chi connectivity index (χ1n) is 11.9. The van der Waals surface area contributed by atoms with Crippen LogP contribution in [0, 0.1) is 0 Å². The Balaban J connectivity index is 1.59. The minimum atomic E-state index is 0.00713. The summed E-state index contributed by atoms with van der Waals surface area (Å²) >= 11 is 1.64. The molecule has 0 aliphatic carbocycles. The van der Waals surface area contributed by atoms with Crippen LogP contribution in [0.2, 0.25) is 0 Å². The molecule has 3 aromatic heterocycles. The molecule has 1 aromatic carbocycles. The molecule has 0 amide bonds. The van der Waals surface area contributed by atoms with E-state index in [9.17, 15) is 4.79 Å². The molecule has 0 unspecified atom stereocenters. The van der Waals surface area contributed by atoms with E-state index in [4.69, 9.17) is 9.72 Å². The second-order valence-corrected chi connectivity index (χ2v) is 10.2. The van der Waals surface area contributed by atoms with E-state index in [0.717, 1.165) is 77.9 Å². The fourth-order valence-corrected chi connectivity index (χ4v) is 6.28. The lowest BCUT2D eigenvalue weighted by Crippen LogP contribution is -2.36. The standard InChI is InChI=1S/C26H29N5O2S/c1-18(29-14-16-33-17-15-29)23-24(32)19-8-9-22(30-11-5-10-28(2)12-13-30)27-25(19)31-20-6-3-4-7-21(20)34-26(23)31/h3-4,6-9H,1,5,10-17H2,2H3. The second-order valence-electron chi connectivity index (χ2n) is 9.15. The number of likely N-dealkylation sites (N-methyl/N-ethyl adjacent to an activating group) is 1. The summed E-state index contributed by atoms with van der Waals surface area (Å²) in [5.41, 5.74) is 3.27. The van der Waals surface area contributed by atoms with Crippen LogP contribution in [0.3, 0.4) is 0 Å². The SMILES string of the molecule is C=C(c1c(=O)c2ccc(N3CCCN(C)CC3)nc2n2c1sc1ccccc12)N1CCOCC1. The van der Waals surface area contributed by atoms with Crippen LogP contribution in [0.1, 0.15) is 12.0 Å². The molecule has 0 spiro atoms. The molecular weight excluding hydrogens is 446 g/mol. The number of anilines is 1. The number of pyridine rings is 2. The Bertz CT molecular complexity index is 1450. The first-order chi connectivity index (χ1) is 16.6. The second kappa shape index (κ2) is 8.69. The molecule has 5 heterocycles. The van der Waals surface area contributed by atoms with Gasteiger partial charge in [-0.25, -0.2) is 4.98 Å². The van der Waals surface area contributed by atoms with Gasteiger partial charge in [0.25, 0.3) is 0 Å². The number of rotatable bonds is 3. The summed E-state index contributed by atoms with van der Waals surface area (Å²) in [5.74, 6) is 0.936. The largest absolute Gasteiger partial charge is 0.378 e. The monoisotopic (exact) mass is 475 g/mol. The number of nitrogens with zero attached hydrogens (tertiary/aromatic N) is 5. The van der Waals surface area contributed by atoms with Crippen molar-refractivity contribution in [2.75, 3.05) is 64.4 Å². The summed E-state index contributed by atoms with van der Waals surface area (Å²) in [4.78, 5) is 26.8. The van der Waals surface area contributed by atoms with Gasteiger partial charge in [-0.15, -0.1) is 11.3 Å². The van der Waals surface area contributed by atoms with E-state index in [2.05, 4.69) is 44.9 Å². The van der Waals surface area contributed by atoms with Crippen molar-refractivity contribution in [2.45, 2.75) is 6.42 Å². The van der Waals surface area contributed by atoms with Crippen molar-refractivity contribution in [3.05, 3.63) is 58.8 Å². The molecule has 0 saturated carbocycles. The fourth-order valence-electron chi connectivity index (χ4n) is 5.08. The first kappa shape index (κ1) is 21.6. The number of hydrogen-bond acceptors (Lipinski definition) is 7. The maximum absolute atomic E-state index is 13.9. The minimum absolute atomic E-state index is 0.00713. The zero-order valence-corrected chi connectivity index (χ0v) is 20.3. The summed E-state index contributed by atoms with van der Waals surface area (Å²) in [5, 5.41) is 0.640. The van der Waals surface area contributed by atoms with Crippen LogP contribution >= 0.6 is 11.3 Å². The molecule has 6 rings (SSSR count). The fraction of sp³-hybridized carbons (Fsp3) is 0.385. The van der Waals surface area contributed by atoms with Gasteiger partial charge in [-0.05, 0) is 44.3 Å². The molecular formula is C26H29N5O2S. The van der Waals surface area contributed by atoms with Gasteiger partial charge < -0.3 is 19.4 Å². The van der Waals surface area contributed by atoms with Gasteiger partial charge in [-0.1, -0.05) is 18.7 Å². The number of benzene rings is 1. The Morgan fingerprint density at radius 2 is 1.85 bits per heavy atom. The van der Waals surface area contributed by atoms with E-state index in [-0.39, 0.29) is 5.43 Å². The van der Waals surface area contributed by atoms with Gasteiger partial charge in [0.05, 0.1) is 34.4 Å². The van der Waals surface area contributed by atoms with E-state index in [1.165, 1.54) is 0 Å². The Kier molecular flexibility index (Phi) is 5.51. The van der Waals surface area contributed by atoms with Crippen LogP contribution in [-0.2, 0) is 4.74 Å². The summed E-state index contributed by atoms with van der Waals surface area (Å²) in [7, 11) is 2.17. The Morgan fingerprint density at radius 1 is 1.03 bits per heavy atom. The lowest BCUT2D eigenvalue weighted by atomic mass is 10.1. The van der Waals surface area contributed by atoms with Crippen molar-refractivity contribution in [1.82, 2.24) is 19.2 Å². The van der Waals surface area contributed by atoms with Gasteiger partial charge in [0, 0.05) is 38.4 Å². The summed E-state index contributed by atoms with van der Waals surface area (Å²) < 4.78 is 8.83. The molecule has 4 aromatic rings. The normalized spacial score (nSPS) is 18.1. The van der Waals surface area contributed by atoms with E-state index in [1.807, 2.05) is 24.3 Å². The molecule has 2 aliphatic rings. The lowest BCUT2D eigenvalue weighted by molar-refractivity contribution is 0.0641. The first-order valence-corrected chi connectivity index (χ1v) is 12.8. The highest BCUT2D eigenvalue weighted by atomic mass is 32.1. The highest BCUT2D eigenvalue weighted by molar-refractivity contribution is 7.24. The lowest BCUT2D eigenvalue weighted by Gasteiger charge is -2.30. The minimum Gasteiger partial charge on any atom is -0.378 e. The zero-order chi connectivity index (χ0) is 23.2. The predicted octanol–water partition coefficient (Wildman–Crippen LogP) is 3.51. The predicted molar refractivity (Wildman–Crippen MR) is 140 cm³/mol. The summed E-state index contributed by atoms with van der Waals surface area (Å²) in [6, 6.07) is 12.3. The van der Waals surface area contributed by atoms with Crippen LogP contribution < -0.4 is 10.3 Å². The van der Waals surface area contributed by atoms with Gasteiger partial charge in [0.1, 0.15) is 10.6 Å². The maximum Gasteiger partial charge on any atom is 0.201 e. The van der Waals surface area contributed by atoms with Crippen molar-refractivity contribution < 1.29 is 4.74 Å². The van der Waals surface area contributed by atoms with E-state index < -0.39 is 0 Å². The smallest absolute Gasteiger partial charge is 0.201 e. The molecule has 2 saturated heterocycles. The van der Waals surface area contributed by atoms with Crippen LogP contribution in [0.25, 0.3) is 31.8 Å². The molecule has 0 radical (unpaired) electrons. The molecule has 176 valence electrons. The van der Waals surface area contributed by atoms with E-state index in [1.54, 1.807) is 11.3 Å². The van der Waals surface area contributed by atoms with Gasteiger partial charge >= 0.3 is 0 Å². The quantitative estimate of drug-likeness (QED) is 0.452. The van der Waals surface area contributed by atoms with Gasteiger partial charge in [0.15, 0.2) is 5.65 Å². The highest BCUT2D eigenvalue weighted by Crippen LogP contribution is 2.34. The number of thiazole rings is 1. The number of hydrogen-bond donors (Lipinski definition) is 0. The number of aromatic nitrogens is 2. The van der Waals surface area contributed by atoms with E-state index in [0.29, 0.717) is 24.2 Å². The van der Waals surface area contributed by atoms with Crippen LogP contribution in [0.5, 0.6) is 0 Å². The molecule has 0 N–H and O–H groups in total. The molecule has 34 heavy (non-hydrogen) atoms. The van der Waals surface area contributed by atoms with Crippen molar-refractivity contribution in [2.24, 2.45) is 0 Å². The third-order valence-electron chi connectivity index (χ3n) is 7.00. The number of ether oxygens (including phenoxy) is 1. The molecule has 2 fully saturated rings. The van der Waals surface area contributed by atoms with Gasteiger partial charge in [0.2, 0.25) is 5.43 Å². The summed E-state index contributed by atoms with van der Waals surface area (Å²) in [6.45, 7) is 11.2. The van der Waals surface area contributed by atoms with Gasteiger partial charge in [-0.3, -0.25) is 9.20 Å². The number of para-hydroxylation sites is 1. The number of morpholine rings is 1. The van der Waals surface area contributed by atoms with Crippen LogP contribution in [-0.4, -0.2) is 78.7 Å². The van der Waals surface area contributed by atoms with Crippen molar-refractivity contribution in [1.29, 1.82) is 0 Å². The Labute approximate surface area is 202 Å². The molecule has 0 atom stereocenters. The van der Waals surface area contributed by atoms with Crippen molar-refractivity contribution in [3.63, 3.8) is 0 Å². The van der Waals surface area contributed by atoms with E-state index >= 15 is 0 Å². The van der Waals surface area contributed by atoms with Crippen molar-refractivity contribution in [3.8, 4) is 0 Å². The topological polar surface area (TPSA) is 53.3 Å². The molecule has 2 aliphatic heterocycles. The average molecular weight is 476 g/mol. The third kappa shape index (κ3) is 3.57. The van der Waals surface area contributed by atoms with Crippen LogP contribution in [0.4, 0.5) is 5.82 Å². The third-order valence-corrected chi connectivity index (χ3v) is 8.14. The maximum atomic E-state index is 13.9. The summed E-state index contributed by atoms with van der Waals surface area (Å²) in [6.07, 6.45) is 1.10. The molecule has 8 heteroatoms. The van der Waals surface area contributed by atoms with Crippen molar-refractivity contribution >= 4 is 48.9 Å². The van der Waals surface area contributed by atoms with Crippen LogP contribution in [0.15, 0.2) is 47.8 Å². The Morgan fingerprint density at radius 3 is 2.71 bits per heavy atom.